The van der Waals surface area contributed by atoms with Gasteiger partial charge in [-0.15, -0.1) is 0 Å². The van der Waals surface area contributed by atoms with Crippen LogP contribution in [-0.4, -0.2) is 5.84 Å². The highest BCUT2D eigenvalue weighted by molar-refractivity contribution is 5.81. The fourth-order valence-electron chi connectivity index (χ4n) is 0.528. The minimum atomic E-state index is 0.891. The van der Waals surface area contributed by atoms with Crippen molar-refractivity contribution in [3.63, 3.8) is 0 Å². The number of aliphatic imine (C=N–C) groups is 1. The first-order chi connectivity index (χ1) is 3.83. The number of hydrazine groups is 1. The van der Waals surface area contributed by atoms with E-state index >= 15 is 0 Å². The third-order valence-corrected chi connectivity index (χ3v) is 0.933. The second-order valence-corrected chi connectivity index (χ2v) is 1.62. The van der Waals surface area contributed by atoms with E-state index in [4.69, 9.17) is 0 Å². The normalized spacial score (nSPS) is 22.2. The van der Waals surface area contributed by atoms with Gasteiger partial charge >= 0.3 is 0 Å². The quantitative estimate of drug-likeness (QED) is 0.474. The Morgan fingerprint density at radius 1 is 1.50 bits per heavy atom. The molecule has 2 N–H and O–H groups in total. The van der Waals surface area contributed by atoms with Gasteiger partial charge in [0, 0.05) is 0 Å². The summed E-state index contributed by atoms with van der Waals surface area (Å²) < 4.78 is 0. The van der Waals surface area contributed by atoms with Crippen molar-refractivity contribution in [2.24, 2.45) is 4.99 Å². The molecule has 3 nitrogen and oxygen atoms in total. The highest BCUT2D eigenvalue weighted by Crippen LogP contribution is 1.94. The Kier molecular flexibility index (Phi) is 1.20. The van der Waals surface area contributed by atoms with Gasteiger partial charge in [0.15, 0.2) is 0 Å². The second kappa shape index (κ2) is 1.86. The van der Waals surface area contributed by atoms with E-state index in [0.717, 1.165) is 11.7 Å². The Hall–Kier alpha value is -0.990. The fourth-order valence-corrected chi connectivity index (χ4v) is 0.528. The molecule has 44 valence electrons. The summed E-state index contributed by atoms with van der Waals surface area (Å²) in [6.45, 7) is 3.84. The number of hydrogen-bond donors (Lipinski definition) is 2. The van der Waals surface area contributed by atoms with Crippen LogP contribution in [0.25, 0.3) is 0 Å². The largest absolute Gasteiger partial charge is 0.287 e. The topological polar surface area (TPSA) is 36.4 Å². The zero-order valence-corrected chi connectivity index (χ0v) is 5.02. The summed E-state index contributed by atoms with van der Waals surface area (Å²) in [7, 11) is 0. The van der Waals surface area contributed by atoms with Crippen molar-refractivity contribution >= 4 is 5.84 Å². The highest BCUT2D eigenvalue weighted by atomic mass is 15.5. The van der Waals surface area contributed by atoms with Gasteiger partial charge in [-0.25, -0.2) is 4.99 Å². The van der Waals surface area contributed by atoms with Crippen LogP contribution in [0.4, 0.5) is 0 Å². The van der Waals surface area contributed by atoms with Crippen LogP contribution in [0, 0.1) is 0 Å². The SMILES string of the molecule is C/C=C1\N=C(C)NN1. The molecule has 0 radical (unpaired) electrons. The molecule has 0 saturated heterocycles. The molecule has 0 atom stereocenters. The van der Waals surface area contributed by atoms with Gasteiger partial charge in [0.1, 0.15) is 11.7 Å². The molecule has 0 aromatic carbocycles. The molecule has 0 amide bonds. The van der Waals surface area contributed by atoms with E-state index in [1.54, 1.807) is 0 Å². The standard InChI is InChI=1S/C5H9N3/c1-3-5-6-4(2)7-8-5/h3,8H,1-2H3,(H,6,7)/b5-3+. The van der Waals surface area contributed by atoms with E-state index in [9.17, 15) is 0 Å². The average Bonchev–Trinajstić information content (AvgIpc) is 2.14. The van der Waals surface area contributed by atoms with Crippen LogP contribution in [0.1, 0.15) is 13.8 Å². The molecule has 0 aromatic rings. The summed E-state index contributed by atoms with van der Waals surface area (Å²) in [5, 5.41) is 0. The predicted molar refractivity (Wildman–Crippen MR) is 33.1 cm³/mol. The number of amidine groups is 1. The van der Waals surface area contributed by atoms with Crippen LogP contribution in [0.5, 0.6) is 0 Å². The monoisotopic (exact) mass is 111 g/mol. The average molecular weight is 111 g/mol. The Morgan fingerprint density at radius 3 is 2.50 bits per heavy atom. The van der Waals surface area contributed by atoms with Crippen LogP contribution in [0.2, 0.25) is 0 Å². The van der Waals surface area contributed by atoms with E-state index in [-0.39, 0.29) is 0 Å². The Morgan fingerprint density at radius 2 is 2.25 bits per heavy atom. The van der Waals surface area contributed by atoms with Crippen molar-refractivity contribution in [3.05, 3.63) is 11.9 Å². The van der Waals surface area contributed by atoms with Crippen LogP contribution in [0.15, 0.2) is 16.9 Å². The molecule has 0 unspecified atom stereocenters. The smallest absolute Gasteiger partial charge is 0.142 e. The highest BCUT2D eigenvalue weighted by Gasteiger charge is 1.99. The summed E-state index contributed by atoms with van der Waals surface area (Å²) >= 11 is 0. The molecule has 0 aromatic heterocycles. The van der Waals surface area contributed by atoms with Crippen LogP contribution in [0.3, 0.4) is 0 Å². The van der Waals surface area contributed by atoms with Crippen LogP contribution >= 0.6 is 0 Å². The van der Waals surface area contributed by atoms with Crippen LogP contribution in [-0.2, 0) is 0 Å². The van der Waals surface area contributed by atoms with E-state index in [1.165, 1.54) is 0 Å². The maximum absolute atomic E-state index is 4.06. The van der Waals surface area contributed by atoms with Gasteiger partial charge in [0.25, 0.3) is 0 Å². The molecule has 0 bridgehead atoms. The zero-order valence-electron chi connectivity index (χ0n) is 5.02. The lowest BCUT2D eigenvalue weighted by atomic mass is 10.6. The molecule has 1 rings (SSSR count). The van der Waals surface area contributed by atoms with Crippen molar-refractivity contribution in [2.45, 2.75) is 13.8 Å². The maximum Gasteiger partial charge on any atom is 0.142 e. The molecule has 1 aliphatic heterocycles. The Bertz CT molecular complexity index is 146. The second-order valence-electron chi connectivity index (χ2n) is 1.62. The zero-order chi connectivity index (χ0) is 5.98. The molecule has 0 fully saturated rings. The van der Waals surface area contributed by atoms with Crippen molar-refractivity contribution < 1.29 is 0 Å². The molecule has 0 saturated carbocycles. The van der Waals surface area contributed by atoms with Gasteiger partial charge in [0.05, 0.1) is 0 Å². The van der Waals surface area contributed by atoms with Crippen LogP contribution < -0.4 is 10.9 Å². The Balaban J connectivity index is 2.67. The lowest BCUT2D eigenvalue weighted by Gasteiger charge is -1.92. The van der Waals surface area contributed by atoms with Gasteiger partial charge in [-0.3, -0.25) is 10.9 Å². The lowest BCUT2D eigenvalue weighted by molar-refractivity contribution is 0.805. The maximum atomic E-state index is 4.06. The summed E-state index contributed by atoms with van der Waals surface area (Å²) in [6, 6.07) is 0. The van der Waals surface area contributed by atoms with Gasteiger partial charge in [0.2, 0.25) is 0 Å². The molecule has 0 aliphatic carbocycles. The van der Waals surface area contributed by atoms with Gasteiger partial charge < -0.3 is 0 Å². The lowest BCUT2D eigenvalue weighted by Crippen LogP contribution is -2.26. The van der Waals surface area contributed by atoms with Crippen molar-refractivity contribution in [1.29, 1.82) is 0 Å². The third-order valence-electron chi connectivity index (χ3n) is 0.933. The predicted octanol–water partition coefficient (Wildman–Crippen LogP) is 0.374. The van der Waals surface area contributed by atoms with Crippen molar-refractivity contribution in [2.75, 3.05) is 0 Å². The first-order valence-corrected chi connectivity index (χ1v) is 2.56. The fraction of sp³-hybridized carbons (Fsp3) is 0.400. The number of nitrogens with one attached hydrogen (secondary N) is 2. The number of nitrogens with zero attached hydrogens (tertiary/aromatic N) is 1. The van der Waals surface area contributed by atoms with Gasteiger partial charge in [-0.05, 0) is 19.9 Å². The van der Waals surface area contributed by atoms with Crippen molar-refractivity contribution in [3.8, 4) is 0 Å². The van der Waals surface area contributed by atoms with Gasteiger partial charge in [-0.2, -0.15) is 0 Å². The van der Waals surface area contributed by atoms with Crippen molar-refractivity contribution in [1.82, 2.24) is 10.9 Å². The Labute approximate surface area is 48.5 Å². The first-order valence-electron chi connectivity index (χ1n) is 2.56. The molecule has 1 aliphatic rings. The molecule has 8 heavy (non-hydrogen) atoms. The van der Waals surface area contributed by atoms with E-state index < -0.39 is 0 Å². The molecule has 3 heteroatoms. The summed E-state index contributed by atoms with van der Waals surface area (Å²) in [6.07, 6.45) is 1.91. The molecule has 1 heterocycles. The summed E-state index contributed by atoms with van der Waals surface area (Å²) in [5.41, 5.74) is 5.72. The van der Waals surface area contributed by atoms with E-state index in [0.29, 0.717) is 0 Å². The van der Waals surface area contributed by atoms with E-state index in [2.05, 4.69) is 15.8 Å². The molecular weight excluding hydrogens is 102 g/mol. The minimum absolute atomic E-state index is 0.891. The van der Waals surface area contributed by atoms with Gasteiger partial charge in [-0.1, -0.05) is 0 Å². The molecule has 0 spiro atoms. The summed E-state index contributed by atoms with van der Waals surface area (Å²) in [5.74, 6) is 1.81. The summed E-state index contributed by atoms with van der Waals surface area (Å²) in [4.78, 5) is 4.06. The minimum Gasteiger partial charge on any atom is -0.287 e. The molecular formula is C5H9N3. The number of rotatable bonds is 0. The third kappa shape index (κ3) is 0.804. The number of allylic oxidation sites excluding steroid dienone is 1. The first kappa shape index (κ1) is 5.15. The van der Waals surface area contributed by atoms with E-state index in [1.807, 2.05) is 19.9 Å². The number of hydrogen-bond acceptors (Lipinski definition) is 3.